The van der Waals surface area contributed by atoms with Crippen molar-refractivity contribution in [3.8, 4) is 22.8 Å². The van der Waals surface area contributed by atoms with Crippen LogP contribution in [-0.2, 0) is 0 Å². The van der Waals surface area contributed by atoms with Gasteiger partial charge in [0.25, 0.3) is 5.82 Å². The van der Waals surface area contributed by atoms with Crippen LogP contribution in [0.15, 0.2) is 30.6 Å². The lowest BCUT2D eigenvalue weighted by Gasteiger charge is -2.34. The maximum absolute atomic E-state index is 6.96. The van der Waals surface area contributed by atoms with Crippen molar-refractivity contribution in [1.82, 2.24) is 25.1 Å². The van der Waals surface area contributed by atoms with Crippen molar-refractivity contribution in [3.05, 3.63) is 42.0 Å². The molecule has 0 amide bonds. The Balaban J connectivity index is 1.62. The number of rotatable bonds is 6. The third kappa shape index (κ3) is 4.36. The summed E-state index contributed by atoms with van der Waals surface area (Å²) in [6.45, 7) is 10.9. The first kappa shape index (κ1) is 20.4. The largest absolute Gasteiger partial charge is 0.496 e. The summed E-state index contributed by atoms with van der Waals surface area (Å²) in [4.78, 5) is 16.1. The summed E-state index contributed by atoms with van der Waals surface area (Å²) in [6.07, 6.45) is 2.90. The van der Waals surface area contributed by atoms with E-state index in [-0.39, 0.29) is 5.82 Å². The maximum atomic E-state index is 6.96. The fourth-order valence-electron chi connectivity index (χ4n) is 3.50. The number of anilines is 3. The Morgan fingerprint density at radius 2 is 1.71 bits per heavy atom. The van der Waals surface area contributed by atoms with Crippen LogP contribution in [0.3, 0.4) is 0 Å². The molecule has 3 aromatic rings. The number of hydrogen-bond donors (Lipinski definition) is 2. The molecule has 1 aromatic carbocycles. The number of nitrogens with zero attached hydrogens (tertiary/aromatic N) is 6. The predicted octanol–water partition coefficient (Wildman–Crippen LogP) is 2.93. The molecule has 0 aliphatic carbocycles. The zero-order valence-electron chi connectivity index (χ0n) is 17.7. The Kier molecular flexibility index (Phi) is 5.86. The minimum atomic E-state index is 0.239. The summed E-state index contributed by atoms with van der Waals surface area (Å²) in [6, 6.07) is 5.91. The zero-order valence-corrected chi connectivity index (χ0v) is 17.7. The molecule has 3 heterocycles. The second kappa shape index (κ2) is 8.89. The van der Waals surface area contributed by atoms with E-state index < -0.39 is 0 Å². The summed E-state index contributed by atoms with van der Waals surface area (Å²) < 4.78 is 11.4. The van der Waals surface area contributed by atoms with Crippen LogP contribution < -0.4 is 19.7 Å². The molecular formula is C21H24N8O2. The molecule has 160 valence electrons. The molecule has 0 saturated carbocycles. The molecule has 2 N–H and O–H groups in total. The molecule has 4 rings (SSSR count). The molecule has 31 heavy (non-hydrogen) atoms. The van der Waals surface area contributed by atoms with Crippen molar-refractivity contribution >= 4 is 23.1 Å². The first-order valence-electron chi connectivity index (χ1n) is 9.83. The number of methoxy groups -OCH3 is 2. The van der Waals surface area contributed by atoms with E-state index in [0.29, 0.717) is 23.1 Å². The molecule has 10 nitrogen and oxygen atoms in total. The van der Waals surface area contributed by atoms with Gasteiger partial charge < -0.3 is 29.4 Å². The van der Waals surface area contributed by atoms with Gasteiger partial charge in [-0.1, -0.05) is 6.57 Å². The first-order chi connectivity index (χ1) is 15.1. The van der Waals surface area contributed by atoms with E-state index in [4.69, 9.17) is 16.0 Å². The van der Waals surface area contributed by atoms with Gasteiger partial charge in [-0.25, -0.2) is 4.98 Å². The summed E-state index contributed by atoms with van der Waals surface area (Å²) in [7, 11) is 5.43. The summed E-state index contributed by atoms with van der Waals surface area (Å²) in [5, 5.41) is 10.4. The highest BCUT2D eigenvalue weighted by molar-refractivity contribution is 5.80. The van der Waals surface area contributed by atoms with E-state index >= 15 is 0 Å². The van der Waals surface area contributed by atoms with Crippen molar-refractivity contribution in [3.63, 3.8) is 0 Å². The highest BCUT2D eigenvalue weighted by Gasteiger charge is 2.21. The number of benzene rings is 1. The van der Waals surface area contributed by atoms with Gasteiger partial charge in [0.1, 0.15) is 11.5 Å². The van der Waals surface area contributed by atoms with Crippen molar-refractivity contribution in [1.29, 1.82) is 0 Å². The van der Waals surface area contributed by atoms with Gasteiger partial charge >= 0.3 is 0 Å². The fourth-order valence-corrected chi connectivity index (χ4v) is 3.50. The Labute approximate surface area is 180 Å². The molecule has 2 aromatic heterocycles. The van der Waals surface area contributed by atoms with Gasteiger partial charge in [-0.2, -0.15) is 5.10 Å². The smallest absolute Gasteiger partial charge is 0.288 e. The van der Waals surface area contributed by atoms with E-state index in [1.807, 2.05) is 18.2 Å². The van der Waals surface area contributed by atoms with Crippen molar-refractivity contribution in [2.45, 2.75) is 0 Å². The van der Waals surface area contributed by atoms with Crippen LogP contribution in [0.1, 0.15) is 0 Å². The topological polar surface area (TPSA) is 95.8 Å². The molecule has 0 bridgehead atoms. The molecule has 0 spiro atoms. The molecule has 0 atom stereocenters. The monoisotopic (exact) mass is 420 g/mol. The highest BCUT2D eigenvalue weighted by atomic mass is 16.5. The Hall–Kier alpha value is -3.84. The van der Waals surface area contributed by atoms with E-state index in [2.05, 4.69) is 47.2 Å². The lowest BCUT2D eigenvalue weighted by Crippen LogP contribution is -2.44. The van der Waals surface area contributed by atoms with Crippen molar-refractivity contribution in [2.75, 3.05) is 57.7 Å². The average Bonchev–Trinajstić information content (AvgIpc) is 3.27. The van der Waals surface area contributed by atoms with Crippen LogP contribution in [0.25, 0.3) is 16.1 Å². The van der Waals surface area contributed by atoms with Crippen LogP contribution >= 0.6 is 0 Å². The Morgan fingerprint density at radius 1 is 1.00 bits per heavy atom. The summed E-state index contributed by atoms with van der Waals surface area (Å²) >= 11 is 0. The van der Waals surface area contributed by atoms with Crippen LogP contribution in [0.5, 0.6) is 11.5 Å². The van der Waals surface area contributed by atoms with Gasteiger partial charge in [-0.3, -0.25) is 5.10 Å². The van der Waals surface area contributed by atoms with Crippen LogP contribution in [0, 0.1) is 6.57 Å². The van der Waals surface area contributed by atoms with Gasteiger partial charge in [0.2, 0.25) is 0 Å². The molecular weight excluding hydrogens is 396 g/mol. The summed E-state index contributed by atoms with van der Waals surface area (Å²) in [5.74, 6) is 2.69. The van der Waals surface area contributed by atoms with E-state index in [9.17, 15) is 0 Å². The van der Waals surface area contributed by atoms with Gasteiger partial charge in [-0.05, 0) is 7.05 Å². The Bertz CT molecular complexity index is 1060. The number of piperazine rings is 1. The standard InChI is InChI=1S/C21H24N8O2/c1-22-19-12-24-20(13-23-19)25-18-11-15(26-27-18)21-16(30-3)9-14(10-17(21)31-4)29-7-5-28(2)6-8-29/h9-13H,5-8H2,2-4H3,(H2,24,25,26,27). The molecule has 1 fully saturated rings. The number of aromatic nitrogens is 4. The number of nitrogens with one attached hydrogen (secondary N) is 2. The highest BCUT2D eigenvalue weighted by Crippen LogP contribution is 2.42. The second-order valence-corrected chi connectivity index (χ2v) is 7.18. The minimum absolute atomic E-state index is 0.239. The van der Waals surface area contributed by atoms with Gasteiger partial charge in [-0.15, -0.1) is 4.98 Å². The number of aromatic amines is 1. The number of H-pyrrole nitrogens is 1. The quantitative estimate of drug-likeness (QED) is 0.588. The first-order valence-corrected chi connectivity index (χ1v) is 9.83. The molecule has 0 unspecified atom stereocenters. The number of ether oxygens (including phenoxy) is 2. The normalized spacial score (nSPS) is 14.2. The van der Waals surface area contributed by atoms with Crippen molar-refractivity contribution in [2.24, 2.45) is 0 Å². The minimum Gasteiger partial charge on any atom is -0.496 e. The zero-order chi connectivity index (χ0) is 21.8. The van der Waals surface area contributed by atoms with E-state index in [1.165, 1.54) is 12.4 Å². The summed E-state index contributed by atoms with van der Waals surface area (Å²) in [5.41, 5.74) is 2.60. The number of hydrogen-bond acceptors (Lipinski definition) is 8. The van der Waals surface area contributed by atoms with Crippen LogP contribution in [-0.4, -0.2) is 72.5 Å². The molecule has 1 saturated heterocycles. The third-order valence-electron chi connectivity index (χ3n) is 5.22. The van der Waals surface area contributed by atoms with Crippen LogP contribution in [0.4, 0.5) is 23.1 Å². The molecule has 1 aliphatic rings. The predicted molar refractivity (Wildman–Crippen MR) is 118 cm³/mol. The lowest BCUT2D eigenvalue weighted by atomic mass is 10.1. The SMILES string of the molecule is [C-]#[N+]c1cnc(Nc2cc(-c3c(OC)cc(N4CCN(C)CC4)cc3OC)[nH]n2)cn1. The molecule has 0 radical (unpaired) electrons. The Morgan fingerprint density at radius 3 is 2.29 bits per heavy atom. The maximum Gasteiger partial charge on any atom is 0.288 e. The second-order valence-electron chi connectivity index (χ2n) is 7.18. The van der Waals surface area contributed by atoms with Gasteiger partial charge in [0.15, 0.2) is 17.8 Å². The molecule has 10 heteroatoms. The third-order valence-corrected chi connectivity index (χ3v) is 5.22. The van der Waals surface area contributed by atoms with Crippen molar-refractivity contribution < 1.29 is 9.47 Å². The fraction of sp³-hybridized carbons (Fsp3) is 0.333. The molecule has 1 aliphatic heterocycles. The number of likely N-dealkylation sites (N-methyl/N-ethyl adjacent to an activating group) is 1. The lowest BCUT2D eigenvalue weighted by molar-refractivity contribution is 0.312. The average molecular weight is 420 g/mol. The van der Waals surface area contributed by atoms with Gasteiger partial charge in [0, 0.05) is 50.1 Å². The van der Waals surface area contributed by atoms with Crippen LogP contribution in [0.2, 0.25) is 0 Å². The van der Waals surface area contributed by atoms with Gasteiger partial charge in [0.05, 0.1) is 31.7 Å². The van der Waals surface area contributed by atoms with E-state index in [0.717, 1.165) is 43.1 Å². The van der Waals surface area contributed by atoms with E-state index in [1.54, 1.807) is 14.2 Å².